The molecule has 0 aliphatic carbocycles. The molecule has 6 heteroatoms. The summed E-state index contributed by atoms with van der Waals surface area (Å²) >= 11 is 0. The second-order valence-corrected chi connectivity index (χ2v) is 6.38. The van der Waals surface area contributed by atoms with Gasteiger partial charge in [0.15, 0.2) is 0 Å². The van der Waals surface area contributed by atoms with E-state index in [9.17, 15) is 8.42 Å². The molecular formula is C7H17N3O2S. The van der Waals surface area contributed by atoms with E-state index in [-0.39, 0.29) is 5.84 Å². The van der Waals surface area contributed by atoms with Crippen LogP contribution in [0.5, 0.6) is 0 Å². The van der Waals surface area contributed by atoms with E-state index in [1.54, 1.807) is 20.8 Å². The predicted octanol–water partition coefficient (Wildman–Crippen LogP) is 0.0288. The first-order valence-corrected chi connectivity index (χ1v) is 5.42. The van der Waals surface area contributed by atoms with Crippen molar-refractivity contribution in [3.63, 3.8) is 0 Å². The number of rotatable bonds is 3. The Bertz CT molecular complexity index is 289. The second kappa shape index (κ2) is 3.63. The summed E-state index contributed by atoms with van der Waals surface area (Å²) in [5.41, 5.74) is 5.14. The zero-order valence-electron chi connectivity index (χ0n) is 8.38. The zero-order valence-corrected chi connectivity index (χ0v) is 9.20. The van der Waals surface area contributed by atoms with Gasteiger partial charge in [-0.05, 0) is 27.7 Å². The van der Waals surface area contributed by atoms with Crippen LogP contribution in [0.2, 0.25) is 0 Å². The van der Waals surface area contributed by atoms with Gasteiger partial charge in [0.1, 0.15) is 5.84 Å². The molecule has 0 aromatic carbocycles. The summed E-state index contributed by atoms with van der Waals surface area (Å²) in [6.45, 7) is 6.29. The Labute approximate surface area is 79.3 Å². The van der Waals surface area contributed by atoms with Crippen molar-refractivity contribution in [2.45, 2.75) is 38.5 Å². The van der Waals surface area contributed by atoms with Crippen molar-refractivity contribution in [1.29, 1.82) is 5.41 Å². The fourth-order valence-electron chi connectivity index (χ4n) is 0.473. The van der Waals surface area contributed by atoms with Crippen molar-refractivity contribution in [3.8, 4) is 0 Å². The predicted molar refractivity (Wildman–Crippen MR) is 53.2 cm³/mol. The van der Waals surface area contributed by atoms with Gasteiger partial charge in [0.05, 0.1) is 10.8 Å². The molecule has 0 bridgehead atoms. The van der Waals surface area contributed by atoms with E-state index in [1.807, 2.05) is 0 Å². The van der Waals surface area contributed by atoms with Crippen molar-refractivity contribution < 1.29 is 8.42 Å². The average molecular weight is 207 g/mol. The molecule has 0 radical (unpaired) electrons. The third-order valence-corrected chi connectivity index (χ3v) is 3.88. The fourth-order valence-corrected chi connectivity index (χ4v) is 1.42. The van der Waals surface area contributed by atoms with E-state index < -0.39 is 20.8 Å². The monoisotopic (exact) mass is 207 g/mol. The number of nitrogens with one attached hydrogen (secondary N) is 2. The number of nitrogens with two attached hydrogens (primary N) is 1. The quantitative estimate of drug-likeness (QED) is 0.450. The zero-order chi connectivity index (χ0) is 10.9. The van der Waals surface area contributed by atoms with Gasteiger partial charge in [-0.25, -0.2) is 13.1 Å². The van der Waals surface area contributed by atoms with E-state index in [0.29, 0.717) is 0 Å². The molecule has 0 aliphatic heterocycles. The molecule has 13 heavy (non-hydrogen) atoms. The maximum atomic E-state index is 11.5. The molecular weight excluding hydrogens is 190 g/mol. The van der Waals surface area contributed by atoms with Gasteiger partial charge in [-0.1, -0.05) is 0 Å². The van der Waals surface area contributed by atoms with Gasteiger partial charge in [-0.2, -0.15) is 0 Å². The topological polar surface area (TPSA) is 96.0 Å². The van der Waals surface area contributed by atoms with Gasteiger partial charge in [-0.3, -0.25) is 5.41 Å². The molecule has 0 fully saturated rings. The van der Waals surface area contributed by atoms with Gasteiger partial charge in [0.2, 0.25) is 10.0 Å². The van der Waals surface area contributed by atoms with Gasteiger partial charge in [-0.15, -0.1) is 0 Å². The second-order valence-electron chi connectivity index (χ2n) is 3.91. The maximum absolute atomic E-state index is 11.5. The smallest absolute Gasteiger partial charge is 0.217 e. The summed E-state index contributed by atoms with van der Waals surface area (Å²) in [6, 6.07) is -0.649. The molecule has 0 amide bonds. The molecule has 0 aliphatic rings. The summed E-state index contributed by atoms with van der Waals surface area (Å²) in [4.78, 5) is 0. The molecule has 0 rings (SSSR count). The summed E-state index contributed by atoms with van der Waals surface area (Å²) in [6.07, 6.45) is 0. The Balaban J connectivity index is 4.64. The van der Waals surface area contributed by atoms with E-state index in [4.69, 9.17) is 11.1 Å². The summed E-state index contributed by atoms with van der Waals surface area (Å²) in [5, 5.41) is 7.04. The van der Waals surface area contributed by atoms with Crippen molar-refractivity contribution in [2.24, 2.45) is 5.73 Å². The van der Waals surface area contributed by atoms with E-state index in [0.717, 1.165) is 0 Å². The van der Waals surface area contributed by atoms with Crippen LogP contribution in [-0.2, 0) is 10.0 Å². The lowest BCUT2D eigenvalue weighted by Crippen LogP contribution is -2.48. The van der Waals surface area contributed by atoms with Crippen LogP contribution in [0.4, 0.5) is 0 Å². The maximum Gasteiger partial charge on any atom is 0.217 e. The third-order valence-electron chi connectivity index (χ3n) is 1.60. The van der Waals surface area contributed by atoms with Crippen LogP contribution >= 0.6 is 0 Å². The minimum absolute atomic E-state index is 0.187. The van der Waals surface area contributed by atoms with Gasteiger partial charge in [0, 0.05) is 0 Å². The Kier molecular flexibility index (Phi) is 3.46. The lowest BCUT2D eigenvalue weighted by Gasteiger charge is -2.22. The molecule has 1 atom stereocenters. The van der Waals surface area contributed by atoms with Crippen LogP contribution in [0.1, 0.15) is 27.7 Å². The number of hydrogen-bond acceptors (Lipinski definition) is 3. The van der Waals surface area contributed by atoms with Crippen molar-refractivity contribution >= 4 is 15.9 Å². The Morgan fingerprint density at radius 2 is 1.85 bits per heavy atom. The first kappa shape index (κ1) is 12.4. The first-order valence-electron chi connectivity index (χ1n) is 3.93. The van der Waals surface area contributed by atoms with E-state index >= 15 is 0 Å². The normalized spacial score (nSPS) is 15.4. The molecule has 4 N–H and O–H groups in total. The molecule has 0 heterocycles. The molecule has 0 spiro atoms. The first-order chi connectivity index (χ1) is 5.58. The van der Waals surface area contributed by atoms with Crippen LogP contribution in [0.15, 0.2) is 0 Å². The van der Waals surface area contributed by atoms with Crippen LogP contribution in [0.25, 0.3) is 0 Å². The lowest BCUT2D eigenvalue weighted by atomic mass is 10.3. The summed E-state index contributed by atoms with van der Waals surface area (Å²) < 4.78 is 24.4. The number of sulfonamides is 1. The lowest BCUT2D eigenvalue weighted by molar-refractivity contribution is 0.541. The van der Waals surface area contributed by atoms with Crippen LogP contribution < -0.4 is 10.5 Å². The van der Waals surface area contributed by atoms with Gasteiger partial charge >= 0.3 is 0 Å². The molecule has 78 valence electrons. The SMILES string of the molecule is CC(NS(=O)(=O)C(C)(C)C)C(=N)N. The highest BCUT2D eigenvalue weighted by atomic mass is 32.2. The Hall–Kier alpha value is -0.620. The summed E-state index contributed by atoms with van der Waals surface area (Å²) in [7, 11) is -3.41. The van der Waals surface area contributed by atoms with Gasteiger partial charge in [0.25, 0.3) is 0 Å². The van der Waals surface area contributed by atoms with E-state index in [2.05, 4.69) is 4.72 Å². The average Bonchev–Trinajstić information content (AvgIpc) is 1.83. The number of hydrogen-bond donors (Lipinski definition) is 3. The largest absolute Gasteiger partial charge is 0.386 e. The minimum Gasteiger partial charge on any atom is -0.386 e. The molecule has 0 aromatic heterocycles. The Morgan fingerprint density at radius 3 is 2.08 bits per heavy atom. The number of amidine groups is 1. The minimum atomic E-state index is -3.41. The van der Waals surface area contributed by atoms with Crippen LogP contribution in [0.3, 0.4) is 0 Å². The fraction of sp³-hybridized carbons (Fsp3) is 0.857. The van der Waals surface area contributed by atoms with Crippen molar-refractivity contribution in [2.75, 3.05) is 0 Å². The molecule has 0 aromatic rings. The van der Waals surface area contributed by atoms with Crippen LogP contribution in [0, 0.1) is 5.41 Å². The summed E-state index contributed by atoms with van der Waals surface area (Å²) in [5.74, 6) is -0.187. The molecule has 0 saturated heterocycles. The highest BCUT2D eigenvalue weighted by Gasteiger charge is 2.30. The molecule has 1 unspecified atom stereocenters. The highest BCUT2D eigenvalue weighted by Crippen LogP contribution is 2.13. The van der Waals surface area contributed by atoms with Crippen molar-refractivity contribution in [1.82, 2.24) is 4.72 Å². The highest BCUT2D eigenvalue weighted by molar-refractivity contribution is 7.90. The Morgan fingerprint density at radius 1 is 1.46 bits per heavy atom. The standard InChI is InChI=1S/C7H17N3O2S/c1-5(6(8)9)10-13(11,12)7(2,3)4/h5,10H,1-4H3,(H3,8,9). The molecule has 5 nitrogen and oxygen atoms in total. The van der Waals surface area contributed by atoms with Crippen LogP contribution in [-0.4, -0.2) is 25.0 Å². The van der Waals surface area contributed by atoms with E-state index in [1.165, 1.54) is 6.92 Å². The van der Waals surface area contributed by atoms with Gasteiger partial charge < -0.3 is 5.73 Å². The molecule has 0 saturated carbocycles. The van der Waals surface area contributed by atoms with Crippen molar-refractivity contribution in [3.05, 3.63) is 0 Å². The third kappa shape index (κ3) is 3.31.